The van der Waals surface area contributed by atoms with Crippen molar-refractivity contribution in [3.63, 3.8) is 0 Å². The number of hydrogen-bond acceptors (Lipinski definition) is 4. The second kappa shape index (κ2) is 3.20. The van der Waals surface area contributed by atoms with E-state index in [0.717, 1.165) is 5.82 Å². The van der Waals surface area contributed by atoms with Gasteiger partial charge in [-0.3, -0.25) is 0 Å². The van der Waals surface area contributed by atoms with Gasteiger partial charge < -0.3 is 4.90 Å². The molecule has 2 fully saturated rings. The Morgan fingerprint density at radius 1 is 1.27 bits per heavy atom. The average Bonchev–Trinajstić information content (AvgIpc) is 3.13. The van der Waals surface area contributed by atoms with Crippen LogP contribution in [0.15, 0.2) is 12.5 Å². The lowest BCUT2D eigenvalue weighted by atomic mass is 10.3. The average molecular weight is 200 g/mol. The molecule has 4 heteroatoms. The summed E-state index contributed by atoms with van der Waals surface area (Å²) < 4.78 is 0. The predicted octanol–water partition coefficient (Wildman–Crippen LogP) is 1.48. The van der Waals surface area contributed by atoms with Crippen molar-refractivity contribution >= 4 is 5.82 Å². The van der Waals surface area contributed by atoms with E-state index in [1.54, 1.807) is 6.20 Å². The van der Waals surface area contributed by atoms with Gasteiger partial charge in [0.15, 0.2) is 0 Å². The first-order chi connectivity index (χ1) is 7.40. The summed E-state index contributed by atoms with van der Waals surface area (Å²) in [7, 11) is 0. The number of aromatic nitrogens is 2. The highest BCUT2D eigenvalue weighted by molar-refractivity contribution is 5.55. The van der Waals surface area contributed by atoms with Crippen molar-refractivity contribution in [3.05, 3.63) is 18.1 Å². The molecule has 0 saturated heterocycles. The molecule has 1 aromatic rings. The van der Waals surface area contributed by atoms with Gasteiger partial charge in [0.25, 0.3) is 0 Å². The van der Waals surface area contributed by atoms with E-state index in [0.29, 0.717) is 17.6 Å². The summed E-state index contributed by atoms with van der Waals surface area (Å²) in [5.74, 6) is 0.845. The largest absolute Gasteiger partial charge is 0.349 e. The van der Waals surface area contributed by atoms with Gasteiger partial charge in [-0.2, -0.15) is 5.26 Å². The highest BCUT2D eigenvalue weighted by Gasteiger charge is 2.40. The van der Waals surface area contributed by atoms with Gasteiger partial charge in [0.2, 0.25) is 0 Å². The van der Waals surface area contributed by atoms with Crippen molar-refractivity contribution < 1.29 is 0 Å². The molecule has 76 valence electrons. The third-order valence-corrected chi connectivity index (χ3v) is 2.94. The summed E-state index contributed by atoms with van der Waals surface area (Å²) in [6.45, 7) is 0. The first kappa shape index (κ1) is 8.66. The Kier molecular flexibility index (Phi) is 1.84. The highest BCUT2D eigenvalue weighted by atomic mass is 15.3. The van der Waals surface area contributed by atoms with Crippen LogP contribution < -0.4 is 4.90 Å². The van der Waals surface area contributed by atoms with E-state index in [2.05, 4.69) is 20.9 Å². The summed E-state index contributed by atoms with van der Waals surface area (Å²) in [4.78, 5) is 10.5. The Bertz CT molecular complexity index is 403. The second-order valence-corrected chi connectivity index (χ2v) is 4.24. The van der Waals surface area contributed by atoms with E-state index in [1.807, 2.05) is 0 Å². The number of anilines is 1. The fraction of sp³-hybridized carbons (Fsp3) is 0.545. The first-order valence-electron chi connectivity index (χ1n) is 5.38. The molecule has 0 N–H and O–H groups in total. The minimum Gasteiger partial charge on any atom is -0.349 e. The van der Waals surface area contributed by atoms with Gasteiger partial charge in [-0.15, -0.1) is 0 Å². The lowest BCUT2D eigenvalue weighted by Crippen LogP contribution is -2.29. The Labute approximate surface area is 88.6 Å². The Morgan fingerprint density at radius 3 is 2.47 bits per heavy atom. The normalized spacial score (nSPS) is 19.7. The van der Waals surface area contributed by atoms with Gasteiger partial charge in [0.05, 0.1) is 6.20 Å². The molecule has 4 nitrogen and oxygen atoms in total. The molecule has 1 heterocycles. The second-order valence-electron chi connectivity index (χ2n) is 4.24. The molecule has 0 bridgehead atoms. The highest BCUT2D eigenvalue weighted by Crippen LogP contribution is 2.40. The molecule has 3 rings (SSSR count). The topological polar surface area (TPSA) is 52.8 Å². The van der Waals surface area contributed by atoms with Crippen LogP contribution in [0.3, 0.4) is 0 Å². The Balaban J connectivity index is 1.98. The molecule has 0 radical (unpaired) electrons. The molecule has 0 aromatic carbocycles. The van der Waals surface area contributed by atoms with E-state index >= 15 is 0 Å². The van der Waals surface area contributed by atoms with Gasteiger partial charge in [-0.05, 0) is 25.7 Å². The summed E-state index contributed by atoms with van der Waals surface area (Å²) in [5, 5.41) is 9.02. The lowest BCUT2D eigenvalue weighted by Gasteiger charge is -2.23. The molecule has 0 aliphatic heterocycles. The van der Waals surface area contributed by atoms with Crippen molar-refractivity contribution in [2.75, 3.05) is 4.90 Å². The maximum atomic E-state index is 9.02. The molecule has 0 atom stereocenters. The van der Waals surface area contributed by atoms with Crippen molar-refractivity contribution in [1.82, 2.24) is 9.97 Å². The van der Waals surface area contributed by atoms with Crippen molar-refractivity contribution in [2.45, 2.75) is 37.8 Å². The minimum atomic E-state index is 0.608. The predicted molar refractivity (Wildman–Crippen MR) is 55.3 cm³/mol. The zero-order chi connectivity index (χ0) is 10.3. The fourth-order valence-electron chi connectivity index (χ4n) is 1.96. The first-order valence-corrected chi connectivity index (χ1v) is 5.38. The lowest BCUT2D eigenvalue weighted by molar-refractivity contribution is 0.768. The zero-order valence-electron chi connectivity index (χ0n) is 8.43. The van der Waals surface area contributed by atoms with E-state index in [9.17, 15) is 0 Å². The molecule has 0 unspecified atom stereocenters. The number of nitriles is 1. The Hall–Kier alpha value is -1.63. The van der Waals surface area contributed by atoms with Crippen LogP contribution in [0.5, 0.6) is 0 Å². The number of hydrogen-bond donors (Lipinski definition) is 0. The van der Waals surface area contributed by atoms with Crippen LogP contribution in [0, 0.1) is 11.3 Å². The maximum absolute atomic E-state index is 9.02. The summed E-state index contributed by atoms with van der Waals surface area (Å²) in [6, 6.07) is 3.42. The molecule has 2 aliphatic rings. The smallest absolute Gasteiger partial charge is 0.150 e. The molecule has 2 aliphatic carbocycles. The number of nitrogens with zero attached hydrogens (tertiary/aromatic N) is 4. The van der Waals surface area contributed by atoms with Crippen LogP contribution >= 0.6 is 0 Å². The monoisotopic (exact) mass is 200 g/mol. The maximum Gasteiger partial charge on any atom is 0.150 e. The van der Waals surface area contributed by atoms with E-state index in [-0.39, 0.29) is 0 Å². The molecular weight excluding hydrogens is 188 g/mol. The fourth-order valence-corrected chi connectivity index (χ4v) is 1.96. The van der Waals surface area contributed by atoms with Crippen LogP contribution in [0.2, 0.25) is 0 Å². The minimum absolute atomic E-state index is 0.608. The van der Waals surface area contributed by atoms with Gasteiger partial charge in [0.1, 0.15) is 23.8 Å². The standard InChI is InChI=1S/C11H12N4/c12-5-8-6-13-7-14-11(8)15(9-1-2-9)10-3-4-10/h6-7,9-10H,1-4H2. The van der Waals surface area contributed by atoms with Crippen LogP contribution in [0.1, 0.15) is 31.2 Å². The summed E-state index contributed by atoms with van der Waals surface area (Å²) in [5.41, 5.74) is 0.608. The van der Waals surface area contributed by atoms with Crippen molar-refractivity contribution in [2.24, 2.45) is 0 Å². The van der Waals surface area contributed by atoms with Gasteiger partial charge in [-0.25, -0.2) is 9.97 Å². The van der Waals surface area contributed by atoms with Crippen LogP contribution in [-0.4, -0.2) is 22.1 Å². The molecule has 15 heavy (non-hydrogen) atoms. The molecule has 0 spiro atoms. The molecule has 2 saturated carbocycles. The van der Waals surface area contributed by atoms with Crippen LogP contribution in [0.4, 0.5) is 5.82 Å². The van der Waals surface area contributed by atoms with E-state index < -0.39 is 0 Å². The van der Waals surface area contributed by atoms with Gasteiger partial charge in [-0.1, -0.05) is 0 Å². The summed E-state index contributed by atoms with van der Waals surface area (Å²) in [6.07, 6.45) is 8.11. The number of rotatable bonds is 3. The van der Waals surface area contributed by atoms with Crippen LogP contribution in [-0.2, 0) is 0 Å². The quantitative estimate of drug-likeness (QED) is 0.741. The zero-order valence-corrected chi connectivity index (χ0v) is 8.43. The van der Waals surface area contributed by atoms with Gasteiger partial charge >= 0.3 is 0 Å². The third kappa shape index (κ3) is 1.54. The third-order valence-electron chi connectivity index (χ3n) is 2.94. The van der Waals surface area contributed by atoms with Crippen molar-refractivity contribution in [1.29, 1.82) is 5.26 Å². The van der Waals surface area contributed by atoms with E-state index in [4.69, 9.17) is 5.26 Å². The molecular formula is C11H12N4. The Morgan fingerprint density at radius 2 is 1.93 bits per heavy atom. The summed E-state index contributed by atoms with van der Waals surface area (Å²) >= 11 is 0. The van der Waals surface area contributed by atoms with Gasteiger partial charge in [0, 0.05) is 12.1 Å². The SMILES string of the molecule is N#Cc1cncnc1N(C1CC1)C1CC1. The molecule has 1 aromatic heterocycles. The van der Waals surface area contributed by atoms with E-state index in [1.165, 1.54) is 32.0 Å². The van der Waals surface area contributed by atoms with Crippen LogP contribution in [0.25, 0.3) is 0 Å². The molecule has 0 amide bonds. The van der Waals surface area contributed by atoms with Crippen molar-refractivity contribution in [3.8, 4) is 6.07 Å².